The first kappa shape index (κ1) is 14.3. The molecule has 18 heavy (non-hydrogen) atoms. The molecule has 1 rings (SSSR count). The van der Waals surface area contributed by atoms with Crippen LogP contribution in [0.15, 0.2) is 12.2 Å². The van der Waals surface area contributed by atoms with Crippen LogP contribution in [0.2, 0.25) is 0 Å². The molecule has 0 bridgehead atoms. The highest BCUT2D eigenvalue weighted by molar-refractivity contribution is 6.49. The van der Waals surface area contributed by atoms with Crippen LogP contribution in [0.3, 0.4) is 0 Å². The number of rotatable bonds is 6. The number of hydrogen-bond acceptors (Lipinski definition) is 5. The fourth-order valence-electron chi connectivity index (χ4n) is 1.86. The van der Waals surface area contributed by atoms with Crippen LogP contribution in [-0.4, -0.2) is 30.4 Å². The maximum Gasteiger partial charge on any atom is 0.330 e. The number of esters is 1. The monoisotopic (exact) mass is 252 g/mol. The van der Waals surface area contributed by atoms with E-state index in [4.69, 9.17) is 0 Å². The van der Waals surface area contributed by atoms with Crippen LogP contribution in [0.4, 0.5) is 0 Å². The molecular formula is C13H16O5. The van der Waals surface area contributed by atoms with Crippen molar-refractivity contribution in [2.45, 2.75) is 32.1 Å². The van der Waals surface area contributed by atoms with Crippen molar-refractivity contribution in [1.29, 1.82) is 0 Å². The van der Waals surface area contributed by atoms with Crippen molar-refractivity contribution in [3.63, 3.8) is 0 Å². The van der Waals surface area contributed by atoms with E-state index in [-0.39, 0.29) is 12.2 Å². The molecule has 5 nitrogen and oxygen atoms in total. The second kappa shape index (κ2) is 6.83. The van der Waals surface area contributed by atoms with Gasteiger partial charge < -0.3 is 4.74 Å². The standard InChI is InChI=1S/C13H16O5/c1-18-12(16)7-5-3-2-4-6-9-10(14)8-11(15)13(9)17/h5,7,9H,2-4,6,8H2,1H3. The summed E-state index contributed by atoms with van der Waals surface area (Å²) in [5.41, 5.74) is 0. The minimum Gasteiger partial charge on any atom is -0.466 e. The first-order valence-electron chi connectivity index (χ1n) is 5.90. The van der Waals surface area contributed by atoms with Gasteiger partial charge in [-0.3, -0.25) is 14.4 Å². The number of carbonyl (C=O) groups excluding carboxylic acids is 4. The Morgan fingerprint density at radius 2 is 2.06 bits per heavy atom. The Hall–Kier alpha value is -1.78. The lowest BCUT2D eigenvalue weighted by Gasteiger charge is -2.03. The molecule has 1 atom stereocenters. The third-order valence-corrected chi connectivity index (χ3v) is 2.88. The molecule has 0 aromatic carbocycles. The fourth-order valence-corrected chi connectivity index (χ4v) is 1.86. The summed E-state index contributed by atoms with van der Waals surface area (Å²) in [6, 6.07) is 0. The molecule has 0 spiro atoms. The molecule has 0 saturated heterocycles. The van der Waals surface area contributed by atoms with E-state index < -0.39 is 23.5 Å². The molecular weight excluding hydrogens is 236 g/mol. The van der Waals surface area contributed by atoms with Gasteiger partial charge in [-0.2, -0.15) is 0 Å². The van der Waals surface area contributed by atoms with Crippen LogP contribution in [0, 0.1) is 5.92 Å². The normalized spacial score (nSPS) is 19.8. The van der Waals surface area contributed by atoms with Crippen LogP contribution in [-0.2, 0) is 23.9 Å². The largest absolute Gasteiger partial charge is 0.466 e. The summed E-state index contributed by atoms with van der Waals surface area (Å²) in [4.78, 5) is 44.4. The number of allylic oxidation sites excluding steroid dienone is 1. The number of methoxy groups -OCH3 is 1. The molecule has 0 aliphatic heterocycles. The van der Waals surface area contributed by atoms with Gasteiger partial charge in [0.1, 0.15) is 0 Å². The first-order valence-corrected chi connectivity index (χ1v) is 5.90. The maximum absolute atomic E-state index is 11.3. The average molecular weight is 252 g/mol. The summed E-state index contributed by atoms with van der Waals surface area (Å²) in [6.45, 7) is 0. The molecule has 0 N–H and O–H groups in total. The lowest BCUT2D eigenvalue weighted by Crippen LogP contribution is -2.16. The Labute approximate surface area is 105 Å². The van der Waals surface area contributed by atoms with E-state index in [1.807, 2.05) is 0 Å². The van der Waals surface area contributed by atoms with Gasteiger partial charge in [0, 0.05) is 6.08 Å². The van der Waals surface area contributed by atoms with Gasteiger partial charge in [-0.25, -0.2) is 4.79 Å². The summed E-state index contributed by atoms with van der Waals surface area (Å²) in [5, 5.41) is 0. The van der Waals surface area contributed by atoms with Crippen LogP contribution < -0.4 is 0 Å². The SMILES string of the molecule is COC(=O)C=CCCCCC1C(=O)CC(=O)C1=O. The number of carbonyl (C=O) groups is 4. The predicted molar refractivity (Wildman–Crippen MR) is 62.8 cm³/mol. The van der Waals surface area contributed by atoms with Crippen molar-refractivity contribution in [3.8, 4) is 0 Å². The van der Waals surface area contributed by atoms with Gasteiger partial charge in [0.15, 0.2) is 5.78 Å². The number of hydrogen-bond donors (Lipinski definition) is 0. The van der Waals surface area contributed by atoms with Crippen LogP contribution in [0.5, 0.6) is 0 Å². The third kappa shape index (κ3) is 3.91. The van der Waals surface area contributed by atoms with Crippen LogP contribution >= 0.6 is 0 Å². The second-order valence-corrected chi connectivity index (χ2v) is 4.19. The Bertz CT molecular complexity index is 394. The van der Waals surface area contributed by atoms with Gasteiger partial charge in [0.25, 0.3) is 0 Å². The van der Waals surface area contributed by atoms with E-state index in [1.54, 1.807) is 6.08 Å². The Balaban J connectivity index is 2.21. The van der Waals surface area contributed by atoms with Crippen LogP contribution in [0.25, 0.3) is 0 Å². The van der Waals surface area contributed by atoms with E-state index in [1.165, 1.54) is 13.2 Å². The van der Waals surface area contributed by atoms with E-state index in [0.717, 1.165) is 6.42 Å². The summed E-state index contributed by atoms with van der Waals surface area (Å²) < 4.78 is 4.43. The second-order valence-electron chi connectivity index (χ2n) is 4.19. The summed E-state index contributed by atoms with van der Waals surface area (Å²) in [5.74, 6) is -2.47. The molecule has 1 aliphatic carbocycles. The zero-order chi connectivity index (χ0) is 13.5. The van der Waals surface area contributed by atoms with Crippen LogP contribution in [0.1, 0.15) is 32.1 Å². The number of ketones is 3. The summed E-state index contributed by atoms with van der Waals surface area (Å²) in [7, 11) is 1.31. The molecule has 1 aliphatic rings. The summed E-state index contributed by atoms with van der Waals surface area (Å²) in [6.07, 6.45) is 5.35. The molecule has 0 radical (unpaired) electrons. The molecule has 0 amide bonds. The van der Waals surface area contributed by atoms with Crippen molar-refractivity contribution >= 4 is 23.3 Å². The van der Waals surface area contributed by atoms with E-state index in [0.29, 0.717) is 19.3 Å². The lowest BCUT2D eigenvalue weighted by atomic mass is 9.98. The fraction of sp³-hybridized carbons (Fsp3) is 0.538. The number of ether oxygens (including phenoxy) is 1. The highest BCUT2D eigenvalue weighted by Crippen LogP contribution is 2.21. The third-order valence-electron chi connectivity index (χ3n) is 2.88. The van der Waals surface area contributed by atoms with Gasteiger partial charge in [-0.15, -0.1) is 0 Å². The molecule has 1 fully saturated rings. The van der Waals surface area contributed by atoms with Gasteiger partial charge in [0.2, 0.25) is 11.6 Å². The molecule has 1 unspecified atom stereocenters. The van der Waals surface area contributed by atoms with E-state index in [9.17, 15) is 19.2 Å². The molecule has 0 heterocycles. The Morgan fingerprint density at radius 3 is 2.61 bits per heavy atom. The van der Waals surface area contributed by atoms with Crippen molar-refractivity contribution in [2.75, 3.05) is 7.11 Å². The molecule has 0 aromatic heterocycles. The molecule has 0 aromatic rings. The summed E-state index contributed by atoms with van der Waals surface area (Å²) >= 11 is 0. The van der Waals surface area contributed by atoms with E-state index in [2.05, 4.69) is 4.74 Å². The van der Waals surface area contributed by atoms with Crippen molar-refractivity contribution < 1.29 is 23.9 Å². The van der Waals surface area contributed by atoms with Gasteiger partial charge in [-0.1, -0.05) is 12.5 Å². The molecule has 5 heteroatoms. The first-order chi connectivity index (χ1) is 8.56. The minimum atomic E-state index is -0.720. The Kier molecular flexibility index (Phi) is 5.42. The van der Waals surface area contributed by atoms with Crippen molar-refractivity contribution in [3.05, 3.63) is 12.2 Å². The quantitative estimate of drug-likeness (QED) is 0.232. The smallest absolute Gasteiger partial charge is 0.330 e. The van der Waals surface area contributed by atoms with Gasteiger partial charge >= 0.3 is 5.97 Å². The zero-order valence-corrected chi connectivity index (χ0v) is 10.3. The highest BCUT2D eigenvalue weighted by Gasteiger charge is 2.39. The lowest BCUT2D eigenvalue weighted by molar-refractivity contribution is -0.136. The van der Waals surface area contributed by atoms with E-state index >= 15 is 0 Å². The predicted octanol–water partition coefficient (Wildman–Crippen LogP) is 1.00. The minimum absolute atomic E-state index is 0.230. The average Bonchev–Trinajstić information content (AvgIpc) is 2.59. The zero-order valence-electron chi connectivity index (χ0n) is 10.3. The van der Waals surface area contributed by atoms with Gasteiger partial charge in [0.05, 0.1) is 19.4 Å². The maximum atomic E-state index is 11.3. The number of Topliss-reactive ketones (excluding diaryl/α,β-unsaturated/α-hetero) is 3. The highest BCUT2D eigenvalue weighted by atomic mass is 16.5. The van der Waals surface area contributed by atoms with Gasteiger partial charge in [-0.05, 0) is 19.3 Å². The Morgan fingerprint density at radius 1 is 1.33 bits per heavy atom. The number of unbranched alkanes of at least 4 members (excludes halogenated alkanes) is 2. The van der Waals surface area contributed by atoms with Crippen molar-refractivity contribution in [1.82, 2.24) is 0 Å². The molecule has 1 saturated carbocycles. The molecule has 98 valence electrons. The topological polar surface area (TPSA) is 77.5 Å². The van der Waals surface area contributed by atoms with Crippen molar-refractivity contribution in [2.24, 2.45) is 5.92 Å².